The van der Waals surface area contributed by atoms with E-state index in [0.717, 1.165) is 19.3 Å². The molecule has 0 aliphatic rings. The van der Waals surface area contributed by atoms with Crippen LogP contribution in [0.2, 0.25) is 0 Å². The molecule has 0 radical (unpaired) electrons. The Kier molecular flexibility index (Phi) is 8.91. The first-order valence-corrected chi connectivity index (χ1v) is 9.55. The van der Waals surface area contributed by atoms with Gasteiger partial charge in [0.05, 0.1) is 14.2 Å². The third-order valence-corrected chi connectivity index (χ3v) is 5.23. The number of carbonyl (C=O) groups excluding carboxylic acids is 1. The minimum absolute atomic E-state index is 0.308. The first-order chi connectivity index (χ1) is 10.7. The zero-order chi connectivity index (χ0) is 16.4. The number of hydrogen-bond acceptors (Lipinski definition) is 4. The van der Waals surface area contributed by atoms with E-state index in [4.69, 9.17) is 9.47 Å². The number of benzene rings is 1. The average Bonchev–Trinajstić information content (AvgIpc) is 2.56. The van der Waals surface area contributed by atoms with Crippen LogP contribution in [0.4, 0.5) is 0 Å². The van der Waals surface area contributed by atoms with E-state index in [1.807, 2.05) is 0 Å². The van der Waals surface area contributed by atoms with E-state index >= 15 is 0 Å². The van der Waals surface area contributed by atoms with Gasteiger partial charge in [0, 0.05) is 6.16 Å². The van der Waals surface area contributed by atoms with Crippen molar-refractivity contribution in [3.8, 4) is 11.5 Å². The Hall–Kier alpha value is -1.28. The smallest absolute Gasteiger partial charge is 0.225 e. The maximum atomic E-state index is 12.4. The highest BCUT2D eigenvalue weighted by Crippen LogP contribution is 2.37. The normalized spacial score (nSPS) is 12.0. The molecule has 1 rings (SSSR count). The van der Waals surface area contributed by atoms with Crippen LogP contribution in [0.25, 0.3) is 0 Å². The van der Waals surface area contributed by atoms with Crippen molar-refractivity contribution in [3.05, 3.63) is 23.8 Å². The van der Waals surface area contributed by atoms with Crippen LogP contribution in [0.5, 0.6) is 11.5 Å². The van der Waals surface area contributed by atoms with Gasteiger partial charge in [-0.25, -0.2) is 0 Å². The number of carbonyl (C=O) groups is 1. The fraction of sp³-hybridized carbons (Fsp3) is 0.588. The number of methoxy groups -OCH3 is 2. The van der Waals surface area contributed by atoms with E-state index in [0.29, 0.717) is 23.2 Å². The number of ether oxygens (including phenoxy) is 2. The molecule has 124 valence electrons. The lowest BCUT2D eigenvalue weighted by Gasteiger charge is -2.11. The molecule has 5 heteroatoms. The molecule has 1 aromatic rings. The lowest BCUT2D eigenvalue weighted by Crippen LogP contribution is -2.03. The minimum Gasteiger partial charge on any atom is -0.496 e. The molecule has 1 aromatic carbocycles. The van der Waals surface area contributed by atoms with Crippen LogP contribution in [-0.2, 0) is 4.57 Å². The molecule has 0 aliphatic heterocycles. The number of rotatable bonds is 11. The predicted molar refractivity (Wildman–Crippen MR) is 91.1 cm³/mol. The van der Waals surface area contributed by atoms with Gasteiger partial charge in [0.1, 0.15) is 24.9 Å². The third kappa shape index (κ3) is 5.49. The van der Waals surface area contributed by atoms with Crippen molar-refractivity contribution < 1.29 is 18.8 Å². The van der Waals surface area contributed by atoms with Crippen molar-refractivity contribution >= 4 is 13.3 Å². The number of unbranched alkanes of at least 4 members (excludes halogenated alkanes) is 5. The second kappa shape index (κ2) is 10.4. The average molecular weight is 326 g/mol. The van der Waals surface area contributed by atoms with Gasteiger partial charge in [-0.3, -0.25) is 4.79 Å². The molecule has 0 saturated carbocycles. The largest absolute Gasteiger partial charge is 0.496 e. The standard InChI is InChI=1S/C17H27O4P/c1-4-5-6-7-8-9-13-22(19)17(18)16-14(20-2)11-10-12-15(16)21-3/h10-12,22H,4-9,13H2,1-3H3. The first-order valence-electron chi connectivity index (χ1n) is 7.94. The molecule has 0 bridgehead atoms. The van der Waals surface area contributed by atoms with Gasteiger partial charge in [0.2, 0.25) is 5.52 Å². The summed E-state index contributed by atoms with van der Waals surface area (Å²) in [5, 5.41) is 0. The molecule has 0 heterocycles. The van der Waals surface area contributed by atoms with Crippen molar-refractivity contribution in [2.24, 2.45) is 0 Å². The van der Waals surface area contributed by atoms with Crippen molar-refractivity contribution in [1.82, 2.24) is 0 Å². The molecule has 0 amide bonds. The summed E-state index contributed by atoms with van der Waals surface area (Å²) in [6, 6.07) is 5.13. The zero-order valence-electron chi connectivity index (χ0n) is 13.8. The lowest BCUT2D eigenvalue weighted by molar-refractivity contribution is 0.107. The highest BCUT2D eigenvalue weighted by atomic mass is 31.1. The van der Waals surface area contributed by atoms with E-state index in [9.17, 15) is 9.36 Å². The molecule has 0 fully saturated rings. The quantitative estimate of drug-likeness (QED) is 0.434. The SMILES string of the molecule is CCCCCCCC[PH](=O)C(=O)c1c(OC)cccc1OC. The molecule has 22 heavy (non-hydrogen) atoms. The van der Waals surface area contributed by atoms with Gasteiger partial charge in [0.15, 0.2) is 0 Å². The van der Waals surface area contributed by atoms with Gasteiger partial charge in [-0.15, -0.1) is 0 Å². The highest BCUT2D eigenvalue weighted by Gasteiger charge is 2.22. The molecule has 0 N–H and O–H groups in total. The summed E-state index contributed by atoms with van der Waals surface area (Å²) < 4.78 is 22.7. The lowest BCUT2D eigenvalue weighted by atomic mass is 10.1. The molecule has 1 unspecified atom stereocenters. The van der Waals surface area contributed by atoms with E-state index in [2.05, 4.69) is 6.92 Å². The first kappa shape index (κ1) is 18.8. The van der Waals surface area contributed by atoms with E-state index < -0.39 is 7.80 Å². The van der Waals surface area contributed by atoms with Gasteiger partial charge < -0.3 is 14.0 Å². The van der Waals surface area contributed by atoms with Crippen molar-refractivity contribution in [2.45, 2.75) is 45.4 Å². The Morgan fingerprint density at radius 2 is 1.55 bits per heavy atom. The summed E-state index contributed by atoms with van der Waals surface area (Å²) in [4.78, 5) is 12.4. The van der Waals surface area contributed by atoms with Crippen molar-refractivity contribution in [2.75, 3.05) is 20.4 Å². The number of hydrogen-bond donors (Lipinski definition) is 0. The molecule has 4 nitrogen and oxygen atoms in total. The van der Waals surface area contributed by atoms with Crippen LogP contribution in [0.3, 0.4) is 0 Å². The molecular formula is C17H27O4P. The van der Waals surface area contributed by atoms with E-state index in [1.165, 1.54) is 33.5 Å². The second-order valence-electron chi connectivity index (χ2n) is 5.31. The predicted octanol–water partition coefficient (Wildman–Crippen LogP) is 4.76. The van der Waals surface area contributed by atoms with E-state index in [1.54, 1.807) is 18.2 Å². The van der Waals surface area contributed by atoms with Crippen molar-refractivity contribution in [3.63, 3.8) is 0 Å². The molecule has 0 spiro atoms. The summed E-state index contributed by atoms with van der Waals surface area (Å²) in [7, 11) is 0.668. The molecule has 0 saturated heterocycles. The summed E-state index contributed by atoms with van der Waals surface area (Å²) >= 11 is 0. The van der Waals surface area contributed by atoms with Crippen LogP contribution >= 0.6 is 7.80 Å². The Balaban J connectivity index is 2.62. The fourth-order valence-corrected chi connectivity index (χ4v) is 3.72. The third-order valence-electron chi connectivity index (χ3n) is 3.67. The second-order valence-corrected chi connectivity index (χ2v) is 7.11. The van der Waals surface area contributed by atoms with Crippen LogP contribution in [0, 0.1) is 0 Å². The Bertz CT molecular complexity index is 477. The van der Waals surface area contributed by atoms with Crippen molar-refractivity contribution in [1.29, 1.82) is 0 Å². The Labute approximate surface area is 134 Å². The van der Waals surface area contributed by atoms with Crippen LogP contribution in [-0.4, -0.2) is 25.9 Å². The highest BCUT2D eigenvalue weighted by molar-refractivity contribution is 7.64. The van der Waals surface area contributed by atoms with Gasteiger partial charge in [-0.1, -0.05) is 45.1 Å². The fourth-order valence-electron chi connectivity index (χ4n) is 2.39. The Morgan fingerprint density at radius 3 is 2.09 bits per heavy atom. The molecule has 0 aliphatic carbocycles. The summed E-state index contributed by atoms with van der Waals surface area (Å²) in [5.41, 5.74) is -0.0322. The van der Waals surface area contributed by atoms with E-state index in [-0.39, 0.29) is 5.52 Å². The van der Waals surface area contributed by atoms with Gasteiger partial charge >= 0.3 is 0 Å². The van der Waals surface area contributed by atoms with Gasteiger partial charge in [-0.2, -0.15) is 0 Å². The van der Waals surface area contributed by atoms with Gasteiger partial charge in [-0.05, 0) is 18.6 Å². The molecule has 0 aromatic heterocycles. The zero-order valence-corrected chi connectivity index (χ0v) is 14.8. The molecule has 1 atom stereocenters. The topological polar surface area (TPSA) is 52.6 Å². The monoisotopic (exact) mass is 326 g/mol. The van der Waals surface area contributed by atoms with Gasteiger partial charge in [0.25, 0.3) is 0 Å². The van der Waals surface area contributed by atoms with Crippen LogP contribution in [0.15, 0.2) is 18.2 Å². The summed E-state index contributed by atoms with van der Waals surface area (Å²) in [5.74, 6) is 0.844. The van der Waals surface area contributed by atoms with Crippen LogP contribution < -0.4 is 9.47 Å². The Morgan fingerprint density at radius 1 is 1.00 bits per heavy atom. The minimum atomic E-state index is -2.32. The van der Waals surface area contributed by atoms with Crippen LogP contribution in [0.1, 0.15) is 55.8 Å². The maximum absolute atomic E-state index is 12.4. The molecular weight excluding hydrogens is 299 g/mol. The summed E-state index contributed by atoms with van der Waals surface area (Å²) in [6.45, 7) is 2.18. The maximum Gasteiger partial charge on any atom is 0.225 e. The summed E-state index contributed by atoms with van der Waals surface area (Å²) in [6.07, 6.45) is 7.16.